The standard InChI is InChI=1S/C20H26N4O2/c1-22(12-16-11-21-23(2)13-16)19(25)14-24-15-20(7-9-26-10-8-20)17-5-3-4-6-18(17)24/h3-6,11,13H,7-10,12,14-15H2,1-2H3. The summed E-state index contributed by atoms with van der Waals surface area (Å²) in [7, 11) is 3.75. The van der Waals surface area contributed by atoms with Crippen LogP contribution < -0.4 is 4.90 Å². The van der Waals surface area contributed by atoms with Gasteiger partial charge in [0, 0.05) is 63.3 Å². The van der Waals surface area contributed by atoms with E-state index in [2.05, 4.69) is 34.3 Å². The number of nitrogens with zero attached hydrogens (tertiary/aromatic N) is 4. The minimum absolute atomic E-state index is 0.132. The molecule has 0 radical (unpaired) electrons. The smallest absolute Gasteiger partial charge is 0.242 e. The third kappa shape index (κ3) is 3.09. The Labute approximate surface area is 154 Å². The molecule has 1 saturated heterocycles. The number of para-hydroxylation sites is 1. The number of rotatable bonds is 4. The van der Waals surface area contributed by atoms with E-state index in [1.807, 2.05) is 26.5 Å². The summed E-state index contributed by atoms with van der Waals surface area (Å²) >= 11 is 0. The van der Waals surface area contributed by atoms with Crippen molar-refractivity contribution in [3.8, 4) is 0 Å². The molecule has 0 aliphatic carbocycles. The molecule has 0 unspecified atom stereocenters. The number of hydrogen-bond acceptors (Lipinski definition) is 4. The first kappa shape index (κ1) is 17.1. The number of benzene rings is 1. The van der Waals surface area contributed by atoms with Crippen LogP contribution in [0.15, 0.2) is 36.7 Å². The first-order chi connectivity index (χ1) is 12.6. The van der Waals surface area contributed by atoms with Gasteiger partial charge in [0.25, 0.3) is 0 Å². The highest BCUT2D eigenvalue weighted by Crippen LogP contribution is 2.46. The van der Waals surface area contributed by atoms with Crippen molar-refractivity contribution in [1.82, 2.24) is 14.7 Å². The van der Waals surface area contributed by atoms with E-state index in [0.717, 1.165) is 38.2 Å². The van der Waals surface area contributed by atoms with Crippen molar-refractivity contribution in [2.24, 2.45) is 7.05 Å². The van der Waals surface area contributed by atoms with E-state index >= 15 is 0 Å². The molecule has 2 aliphatic heterocycles. The fourth-order valence-corrected chi connectivity index (χ4v) is 4.26. The normalized spacial score (nSPS) is 18.2. The van der Waals surface area contributed by atoms with Gasteiger partial charge in [-0.05, 0) is 24.5 Å². The quantitative estimate of drug-likeness (QED) is 0.842. The average Bonchev–Trinajstić information content (AvgIpc) is 3.18. The second-order valence-corrected chi connectivity index (χ2v) is 7.54. The zero-order valence-electron chi connectivity index (χ0n) is 15.5. The van der Waals surface area contributed by atoms with Crippen molar-refractivity contribution in [1.29, 1.82) is 0 Å². The summed E-state index contributed by atoms with van der Waals surface area (Å²) in [5, 5.41) is 4.18. The molecule has 1 spiro atoms. The van der Waals surface area contributed by atoms with E-state index in [-0.39, 0.29) is 11.3 Å². The van der Waals surface area contributed by atoms with E-state index in [4.69, 9.17) is 4.74 Å². The predicted molar refractivity (Wildman–Crippen MR) is 100 cm³/mol. The van der Waals surface area contributed by atoms with Gasteiger partial charge in [-0.25, -0.2) is 0 Å². The van der Waals surface area contributed by atoms with Crippen molar-refractivity contribution in [2.75, 3.05) is 38.3 Å². The monoisotopic (exact) mass is 354 g/mol. The Hall–Kier alpha value is -2.34. The molecule has 1 aromatic heterocycles. The molecule has 1 fully saturated rings. The summed E-state index contributed by atoms with van der Waals surface area (Å²) in [6.07, 6.45) is 5.82. The maximum atomic E-state index is 12.8. The van der Waals surface area contributed by atoms with Crippen LogP contribution in [0.1, 0.15) is 24.0 Å². The lowest BCUT2D eigenvalue weighted by Crippen LogP contribution is -2.42. The number of likely N-dealkylation sites (N-methyl/N-ethyl adjacent to an activating group) is 1. The predicted octanol–water partition coefficient (Wildman–Crippen LogP) is 1.95. The molecule has 0 atom stereocenters. The van der Waals surface area contributed by atoms with E-state index < -0.39 is 0 Å². The molecule has 2 aromatic rings. The SMILES string of the molecule is CN(Cc1cnn(C)c1)C(=O)CN1CC2(CCOCC2)c2ccccc21. The molecule has 0 N–H and O–H groups in total. The van der Waals surface area contributed by atoms with Crippen molar-refractivity contribution in [2.45, 2.75) is 24.8 Å². The largest absolute Gasteiger partial charge is 0.381 e. The topological polar surface area (TPSA) is 50.6 Å². The highest BCUT2D eigenvalue weighted by molar-refractivity contribution is 5.82. The van der Waals surface area contributed by atoms with Gasteiger partial charge >= 0.3 is 0 Å². The molecular formula is C20H26N4O2. The number of aryl methyl sites for hydroxylation is 1. The van der Waals surface area contributed by atoms with Crippen molar-refractivity contribution < 1.29 is 9.53 Å². The van der Waals surface area contributed by atoms with Gasteiger partial charge in [0.15, 0.2) is 0 Å². The maximum Gasteiger partial charge on any atom is 0.242 e. The number of anilines is 1. The van der Waals surface area contributed by atoms with Gasteiger partial charge in [0.2, 0.25) is 5.91 Å². The molecule has 3 heterocycles. The maximum absolute atomic E-state index is 12.8. The van der Waals surface area contributed by atoms with Gasteiger partial charge in [-0.2, -0.15) is 5.10 Å². The summed E-state index contributed by atoms with van der Waals surface area (Å²) in [6.45, 7) is 3.51. The van der Waals surface area contributed by atoms with E-state index in [1.165, 1.54) is 11.3 Å². The first-order valence-electron chi connectivity index (χ1n) is 9.21. The Morgan fingerprint density at radius 2 is 2.08 bits per heavy atom. The van der Waals surface area contributed by atoms with Gasteiger partial charge in [-0.1, -0.05) is 18.2 Å². The fraction of sp³-hybridized carbons (Fsp3) is 0.500. The van der Waals surface area contributed by atoms with E-state index in [1.54, 1.807) is 9.58 Å². The number of carbonyl (C=O) groups excluding carboxylic acids is 1. The summed E-state index contributed by atoms with van der Waals surface area (Å²) in [5.74, 6) is 0.132. The summed E-state index contributed by atoms with van der Waals surface area (Å²) in [5.41, 5.74) is 3.77. The lowest BCUT2D eigenvalue weighted by molar-refractivity contribution is -0.128. The molecule has 6 nitrogen and oxygen atoms in total. The first-order valence-corrected chi connectivity index (χ1v) is 9.21. The highest BCUT2D eigenvalue weighted by atomic mass is 16.5. The molecule has 26 heavy (non-hydrogen) atoms. The van der Waals surface area contributed by atoms with Crippen LogP contribution in [0.2, 0.25) is 0 Å². The summed E-state index contributed by atoms with van der Waals surface area (Å²) in [4.78, 5) is 16.9. The molecule has 0 bridgehead atoms. The number of amides is 1. The Morgan fingerprint density at radius 1 is 1.31 bits per heavy atom. The van der Waals surface area contributed by atoms with Crippen LogP contribution in [0.5, 0.6) is 0 Å². The van der Waals surface area contributed by atoms with Gasteiger partial charge in [0.05, 0.1) is 12.7 Å². The Balaban J connectivity index is 1.48. The zero-order chi connectivity index (χ0) is 18.1. The molecule has 0 saturated carbocycles. The number of aromatic nitrogens is 2. The van der Waals surface area contributed by atoms with Crippen molar-refractivity contribution in [3.05, 3.63) is 47.8 Å². The molecule has 138 valence electrons. The molecule has 2 aliphatic rings. The van der Waals surface area contributed by atoms with Gasteiger partial charge < -0.3 is 14.5 Å². The van der Waals surface area contributed by atoms with Crippen LogP contribution in [0, 0.1) is 0 Å². The van der Waals surface area contributed by atoms with E-state index in [0.29, 0.717) is 13.1 Å². The molecular weight excluding hydrogens is 328 g/mol. The summed E-state index contributed by atoms with van der Waals surface area (Å²) in [6, 6.07) is 8.54. The lowest BCUT2D eigenvalue weighted by atomic mass is 9.76. The number of carbonyl (C=O) groups is 1. The second-order valence-electron chi connectivity index (χ2n) is 7.54. The van der Waals surface area contributed by atoms with Crippen LogP contribution in [0.3, 0.4) is 0 Å². The second kappa shape index (κ2) is 6.76. The van der Waals surface area contributed by atoms with Gasteiger partial charge in [-0.3, -0.25) is 9.48 Å². The fourth-order valence-electron chi connectivity index (χ4n) is 4.26. The number of fused-ring (bicyclic) bond motifs is 2. The van der Waals surface area contributed by atoms with Crippen LogP contribution >= 0.6 is 0 Å². The van der Waals surface area contributed by atoms with Crippen LogP contribution in [0.25, 0.3) is 0 Å². The Kier molecular flexibility index (Phi) is 4.44. The molecule has 4 rings (SSSR count). The van der Waals surface area contributed by atoms with Crippen LogP contribution in [0.4, 0.5) is 5.69 Å². The molecule has 1 aromatic carbocycles. The Morgan fingerprint density at radius 3 is 2.81 bits per heavy atom. The Bertz CT molecular complexity index is 795. The molecule has 1 amide bonds. The van der Waals surface area contributed by atoms with E-state index in [9.17, 15) is 4.79 Å². The van der Waals surface area contributed by atoms with Gasteiger partial charge in [-0.15, -0.1) is 0 Å². The lowest BCUT2D eigenvalue weighted by Gasteiger charge is -2.34. The average molecular weight is 354 g/mol. The highest BCUT2D eigenvalue weighted by Gasteiger charge is 2.43. The number of ether oxygens (including phenoxy) is 1. The van der Waals surface area contributed by atoms with Crippen LogP contribution in [-0.2, 0) is 28.5 Å². The minimum Gasteiger partial charge on any atom is -0.381 e. The van der Waals surface area contributed by atoms with Crippen LogP contribution in [-0.4, -0.2) is 53.9 Å². The van der Waals surface area contributed by atoms with Crippen molar-refractivity contribution in [3.63, 3.8) is 0 Å². The third-order valence-electron chi connectivity index (χ3n) is 5.69. The third-order valence-corrected chi connectivity index (χ3v) is 5.69. The summed E-state index contributed by atoms with van der Waals surface area (Å²) < 4.78 is 7.36. The number of hydrogen-bond donors (Lipinski definition) is 0. The minimum atomic E-state index is 0.132. The van der Waals surface area contributed by atoms with Gasteiger partial charge in [0.1, 0.15) is 0 Å². The van der Waals surface area contributed by atoms with Crippen molar-refractivity contribution >= 4 is 11.6 Å². The molecule has 6 heteroatoms. The zero-order valence-corrected chi connectivity index (χ0v) is 15.5.